The Hall–Kier alpha value is -2.51. The van der Waals surface area contributed by atoms with Crippen molar-refractivity contribution in [3.8, 4) is 11.3 Å². The van der Waals surface area contributed by atoms with Crippen molar-refractivity contribution in [3.05, 3.63) is 23.4 Å². The van der Waals surface area contributed by atoms with Gasteiger partial charge in [-0.05, 0) is 33.1 Å². The first-order valence-corrected chi connectivity index (χ1v) is 8.11. The highest BCUT2D eigenvalue weighted by atomic mass is 19.1. The molecule has 1 saturated heterocycles. The number of rotatable bonds is 4. The van der Waals surface area contributed by atoms with Crippen LogP contribution in [0.4, 0.5) is 10.3 Å². The van der Waals surface area contributed by atoms with E-state index in [1.54, 1.807) is 13.8 Å². The molecule has 0 bridgehead atoms. The molecule has 1 fully saturated rings. The smallest absolute Gasteiger partial charge is 0.359 e. The fraction of sp³-hybridized carbons (Fsp3) is 0.500. The van der Waals surface area contributed by atoms with Gasteiger partial charge in [0.15, 0.2) is 11.5 Å². The summed E-state index contributed by atoms with van der Waals surface area (Å²) in [7, 11) is 0. The Balaban J connectivity index is 2.03. The maximum atomic E-state index is 14.4. The largest absolute Gasteiger partial charge is 0.461 e. The van der Waals surface area contributed by atoms with Crippen molar-refractivity contribution in [3.63, 3.8) is 0 Å². The zero-order chi connectivity index (χ0) is 17.1. The van der Waals surface area contributed by atoms with E-state index in [0.717, 1.165) is 32.1 Å². The highest BCUT2D eigenvalue weighted by molar-refractivity contribution is 5.95. The van der Waals surface area contributed by atoms with Crippen LogP contribution in [0.1, 0.15) is 42.4 Å². The minimum absolute atomic E-state index is 0.0385. The molecule has 2 aromatic rings. The number of esters is 1. The molecular weight excluding hydrogens is 313 g/mol. The van der Waals surface area contributed by atoms with E-state index < -0.39 is 11.8 Å². The number of hydrogen-bond acceptors (Lipinski definition) is 6. The monoisotopic (exact) mass is 333 g/mol. The Morgan fingerprint density at radius 3 is 2.83 bits per heavy atom. The van der Waals surface area contributed by atoms with E-state index >= 15 is 0 Å². The van der Waals surface area contributed by atoms with Crippen LogP contribution in [-0.2, 0) is 4.74 Å². The van der Waals surface area contributed by atoms with Crippen molar-refractivity contribution in [2.75, 3.05) is 24.6 Å². The molecule has 0 saturated carbocycles. The number of aromatic amines is 1. The van der Waals surface area contributed by atoms with Crippen LogP contribution >= 0.6 is 0 Å². The molecule has 0 radical (unpaired) electrons. The topological polar surface area (TPSA) is 84.0 Å². The van der Waals surface area contributed by atoms with Gasteiger partial charge in [-0.25, -0.2) is 19.2 Å². The van der Waals surface area contributed by atoms with Crippen molar-refractivity contribution < 1.29 is 13.9 Å². The van der Waals surface area contributed by atoms with Crippen molar-refractivity contribution >= 4 is 11.9 Å². The lowest BCUT2D eigenvalue weighted by molar-refractivity contribution is 0.0520. The van der Waals surface area contributed by atoms with E-state index in [9.17, 15) is 9.18 Å². The molecule has 0 amide bonds. The lowest BCUT2D eigenvalue weighted by Crippen LogP contribution is -2.31. The molecule has 1 aliphatic rings. The summed E-state index contributed by atoms with van der Waals surface area (Å²) in [5.74, 6) is -0.721. The summed E-state index contributed by atoms with van der Waals surface area (Å²) in [5, 5.41) is 6.66. The Bertz CT molecular complexity index is 740. The molecule has 3 rings (SSSR count). The third-order valence-electron chi connectivity index (χ3n) is 4.02. The number of anilines is 1. The SMILES string of the molecule is CCOC(=O)c1n[nH]c(C)c1-c1nc(N2CCCCC2)ncc1F. The number of aryl methyl sites for hydroxylation is 1. The summed E-state index contributed by atoms with van der Waals surface area (Å²) in [6.07, 6.45) is 4.45. The summed E-state index contributed by atoms with van der Waals surface area (Å²) in [4.78, 5) is 22.6. The van der Waals surface area contributed by atoms with E-state index in [1.165, 1.54) is 6.42 Å². The Kier molecular flexibility index (Phi) is 4.73. The van der Waals surface area contributed by atoms with Gasteiger partial charge in [0.05, 0.1) is 18.4 Å². The average molecular weight is 333 g/mol. The van der Waals surface area contributed by atoms with Gasteiger partial charge < -0.3 is 9.64 Å². The van der Waals surface area contributed by atoms with Crippen LogP contribution in [0.5, 0.6) is 0 Å². The summed E-state index contributed by atoms with van der Waals surface area (Å²) in [5.41, 5.74) is 0.989. The molecule has 0 unspecified atom stereocenters. The van der Waals surface area contributed by atoms with E-state index in [-0.39, 0.29) is 18.0 Å². The third-order valence-corrected chi connectivity index (χ3v) is 4.02. The first-order chi connectivity index (χ1) is 11.6. The van der Waals surface area contributed by atoms with Crippen molar-refractivity contribution in [2.24, 2.45) is 0 Å². The standard InChI is InChI=1S/C16H20FN5O2/c1-3-24-15(23)14-12(10(2)20-21-14)13-11(17)9-18-16(19-13)22-7-5-4-6-8-22/h9H,3-8H2,1-2H3,(H,20,21). The van der Waals surface area contributed by atoms with Crippen LogP contribution in [0.2, 0.25) is 0 Å². The minimum atomic E-state index is -0.602. The first kappa shape index (κ1) is 16.4. The predicted molar refractivity (Wildman–Crippen MR) is 86.3 cm³/mol. The summed E-state index contributed by atoms with van der Waals surface area (Å²) >= 11 is 0. The van der Waals surface area contributed by atoms with Gasteiger partial charge in [0, 0.05) is 18.8 Å². The molecule has 1 N–H and O–H groups in total. The molecule has 2 aromatic heterocycles. The second kappa shape index (κ2) is 6.94. The van der Waals surface area contributed by atoms with Crippen LogP contribution in [0.25, 0.3) is 11.3 Å². The molecule has 0 spiro atoms. The lowest BCUT2D eigenvalue weighted by Gasteiger charge is -2.26. The van der Waals surface area contributed by atoms with Gasteiger partial charge in [0.25, 0.3) is 0 Å². The van der Waals surface area contributed by atoms with Crippen LogP contribution < -0.4 is 4.90 Å². The van der Waals surface area contributed by atoms with Crippen molar-refractivity contribution in [1.29, 1.82) is 0 Å². The quantitative estimate of drug-likeness (QED) is 0.866. The number of halogens is 1. The van der Waals surface area contributed by atoms with Gasteiger partial charge in [-0.1, -0.05) is 0 Å². The predicted octanol–water partition coefficient (Wildman–Crippen LogP) is 2.48. The zero-order valence-corrected chi connectivity index (χ0v) is 13.8. The molecule has 24 heavy (non-hydrogen) atoms. The molecule has 0 aliphatic carbocycles. The van der Waals surface area contributed by atoms with Crippen LogP contribution in [0.3, 0.4) is 0 Å². The highest BCUT2D eigenvalue weighted by Gasteiger charge is 2.25. The maximum absolute atomic E-state index is 14.4. The summed E-state index contributed by atoms with van der Waals surface area (Å²) in [6.45, 7) is 5.33. The minimum Gasteiger partial charge on any atom is -0.461 e. The lowest BCUT2D eigenvalue weighted by atomic mass is 10.1. The van der Waals surface area contributed by atoms with Gasteiger partial charge >= 0.3 is 5.97 Å². The van der Waals surface area contributed by atoms with Crippen LogP contribution in [0.15, 0.2) is 6.20 Å². The molecule has 8 heteroatoms. The second-order valence-electron chi connectivity index (χ2n) is 5.71. The van der Waals surface area contributed by atoms with E-state index in [1.807, 2.05) is 4.90 Å². The number of nitrogens with zero attached hydrogens (tertiary/aromatic N) is 4. The Labute approximate surface area is 139 Å². The number of carbonyl (C=O) groups is 1. The maximum Gasteiger partial charge on any atom is 0.359 e. The van der Waals surface area contributed by atoms with Crippen molar-refractivity contribution in [1.82, 2.24) is 20.2 Å². The van der Waals surface area contributed by atoms with Gasteiger partial charge in [-0.3, -0.25) is 5.10 Å². The summed E-state index contributed by atoms with van der Waals surface area (Å²) in [6, 6.07) is 0. The molecule has 128 valence electrons. The van der Waals surface area contributed by atoms with E-state index in [2.05, 4.69) is 20.2 Å². The molecule has 3 heterocycles. The van der Waals surface area contributed by atoms with Gasteiger partial charge in [-0.15, -0.1) is 0 Å². The van der Waals surface area contributed by atoms with E-state index in [0.29, 0.717) is 17.2 Å². The van der Waals surface area contributed by atoms with E-state index in [4.69, 9.17) is 4.74 Å². The first-order valence-electron chi connectivity index (χ1n) is 8.11. The van der Waals surface area contributed by atoms with Crippen molar-refractivity contribution in [2.45, 2.75) is 33.1 Å². The highest BCUT2D eigenvalue weighted by Crippen LogP contribution is 2.28. The molecule has 0 aromatic carbocycles. The normalized spacial score (nSPS) is 14.7. The number of nitrogens with one attached hydrogen (secondary N) is 1. The summed E-state index contributed by atoms with van der Waals surface area (Å²) < 4.78 is 19.4. The van der Waals surface area contributed by atoms with Gasteiger partial charge in [-0.2, -0.15) is 5.10 Å². The third kappa shape index (κ3) is 3.08. The molecule has 1 aliphatic heterocycles. The molecule has 7 nitrogen and oxygen atoms in total. The fourth-order valence-corrected chi connectivity index (χ4v) is 2.85. The number of hydrogen-bond donors (Lipinski definition) is 1. The fourth-order valence-electron chi connectivity index (χ4n) is 2.85. The van der Waals surface area contributed by atoms with Crippen LogP contribution in [-0.4, -0.2) is 45.8 Å². The molecular formula is C16H20FN5O2. The zero-order valence-electron chi connectivity index (χ0n) is 13.8. The Morgan fingerprint density at radius 1 is 1.38 bits per heavy atom. The molecule has 0 atom stereocenters. The number of aromatic nitrogens is 4. The Morgan fingerprint density at radius 2 is 2.12 bits per heavy atom. The number of H-pyrrole nitrogens is 1. The number of piperidine rings is 1. The second-order valence-corrected chi connectivity index (χ2v) is 5.71. The number of ether oxygens (including phenoxy) is 1. The average Bonchev–Trinajstić information content (AvgIpc) is 2.98. The number of carbonyl (C=O) groups excluding carboxylic acids is 1. The van der Waals surface area contributed by atoms with Gasteiger partial charge in [0.2, 0.25) is 5.95 Å². The van der Waals surface area contributed by atoms with Gasteiger partial charge in [0.1, 0.15) is 5.69 Å². The van der Waals surface area contributed by atoms with Crippen LogP contribution in [0, 0.1) is 12.7 Å².